The van der Waals surface area contributed by atoms with Crippen LogP contribution in [0.3, 0.4) is 0 Å². The first kappa shape index (κ1) is 21.8. The molecular weight excluding hydrogens is 378 g/mol. The van der Waals surface area contributed by atoms with Gasteiger partial charge in [-0.2, -0.15) is 0 Å². The molecule has 0 aliphatic carbocycles. The number of hydrogen-bond acceptors (Lipinski definition) is 6. The zero-order valence-corrected chi connectivity index (χ0v) is 16.7. The Balaban J connectivity index is 2.01. The lowest BCUT2D eigenvalue weighted by Gasteiger charge is -2.19. The number of amides is 1. The van der Waals surface area contributed by atoms with E-state index in [2.05, 4.69) is 26.1 Å². The predicted octanol–water partition coefficient (Wildman–Crippen LogP) is 3.92. The Kier molecular flexibility index (Phi) is 6.53. The van der Waals surface area contributed by atoms with E-state index in [-0.39, 0.29) is 29.7 Å². The summed E-state index contributed by atoms with van der Waals surface area (Å²) in [5, 5.41) is 24.7. The van der Waals surface area contributed by atoms with Gasteiger partial charge in [0, 0.05) is 11.6 Å². The maximum absolute atomic E-state index is 12.4. The Hall–Kier alpha value is -3.49. The Morgan fingerprint density at radius 1 is 1.07 bits per heavy atom. The Morgan fingerprint density at radius 3 is 2.21 bits per heavy atom. The second-order valence-corrected chi connectivity index (χ2v) is 7.53. The van der Waals surface area contributed by atoms with Gasteiger partial charge in [-0.3, -0.25) is 25.0 Å². The fraction of sp³-hybridized carbons (Fsp3) is 0.350. The minimum Gasteiger partial charge on any atom is -0.492 e. The first-order chi connectivity index (χ1) is 13.5. The van der Waals surface area contributed by atoms with Crippen molar-refractivity contribution < 1.29 is 19.4 Å². The van der Waals surface area contributed by atoms with Crippen molar-refractivity contribution in [2.24, 2.45) is 0 Å². The van der Waals surface area contributed by atoms with Crippen LogP contribution >= 0.6 is 0 Å². The SMILES string of the molecule is Cc1c(C(=O)NCCOc2ccc(C(C)(C)C)cc2)cc([N+](=O)[O-])cc1[N+](=O)[O-]. The molecule has 0 spiro atoms. The average Bonchev–Trinajstić information content (AvgIpc) is 2.64. The largest absolute Gasteiger partial charge is 0.492 e. The molecule has 2 rings (SSSR count). The molecule has 9 nitrogen and oxygen atoms in total. The molecule has 0 heterocycles. The summed E-state index contributed by atoms with van der Waals surface area (Å²) in [7, 11) is 0. The number of nitro benzene ring substituents is 2. The summed E-state index contributed by atoms with van der Waals surface area (Å²) < 4.78 is 5.58. The van der Waals surface area contributed by atoms with E-state index < -0.39 is 27.1 Å². The van der Waals surface area contributed by atoms with E-state index in [0.717, 1.165) is 12.1 Å². The van der Waals surface area contributed by atoms with Crippen LogP contribution in [0.25, 0.3) is 0 Å². The summed E-state index contributed by atoms with van der Waals surface area (Å²) in [6.07, 6.45) is 0. The third-order valence-electron chi connectivity index (χ3n) is 4.39. The van der Waals surface area contributed by atoms with E-state index in [1.807, 2.05) is 24.3 Å². The van der Waals surface area contributed by atoms with Crippen LogP contribution in [0, 0.1) is 27.2 Å². The third kappa shape index (κ3) is 5.50. The van der Waals surface area contributed by atoms with Crippen molar-refractivity contribution in [3.63, 3.8) is 0 Å². The predicted molar refractivity (Wildman–Crippen MR) is 107 cm³/mol. The summed E-state index contributed by atoms with van der Waals surface area (Å²) in [6.45, 7) is 8.02. The molecule has 9 heteroatoms. The van der Waals surface area contributed by atoms with E-state index in [9.17, 15) is 25.0 Å². The third-order valence-corrected chi connectivity index (χ3v) is 4.39. The topological polar surface area (TPSA) is 125 Å². The van der Waals surface area contributed by atoms with Gasteiger partial charge < -0.3 is 10.1 Å². The van der Waals surface area contributed by atoms with Crippen LogP contribution in [0.15, 0.2) is 36.4 Å². The van der Waals surface area contributed by atoms with Gasteiger partial charge in [-0.1, -0.05) is 32.9 Å². The number of nitrogens with one attached hydrogen (secondary N) is 1. The van der Waals surface area contributed by atoms with Crippen LogP contribution in [0.1, 0.15) is 42.3 Å². The minimum absolute atomic E-state index is 0.0330. The number of carbonyl (C=O) groups is 1. The smallest absolute Gasteiger partial charge is 0.279 e. The van der Waals surface area contributed by atoms with Gasteiger partial charge in [-0.15, -0.1) is 0 Å². The Morgan fingerprint density at radius 2 is 1.69 bits per heavy atom. The van der Waals surface area contributed by atoms with Crippen molar-refractivity contribution in [1.29, 1.82) is 0 Å². The van der Waals surface area contributed by atoms with Crippen LogP contribution in [-0.4, -0.2) is 28.9 Å². The lowest BCUT2D eigenvalue weighted by Crippen LogP contribution is -2.29. The van der Waals surface area contributed by atoms with E-state index in [0.29, 0.717) is 5.75 Å². The number of non-ortho nitro benzene ring substituents is 1. The highest BCUT2D eigenvalue weighted by Crippen LogP contribution is 2.28. The normalized spacial score (nSPS) is 11.0. The molecule has 0 radical (unpaired) electrons. The maximum atomic E-state index is 12.4. The van der Waals surface area contributed by atoms with Gasteiger partial charge in [0.2, 0.25) is 0 Å². The maximum Gasteiger partial charge on any atom is 0.279 e. The molecule has 0 fully saturated rings. The number of nitrogens with zero attached hydrogens (tertiary/aromatic N) is 2. The van der Waals surface area contributed by atoms with Gasteiger partial charge in [-0.05, 0) is 30.0 Å². The fourth-order valence-corrected chi connectivity index (χ4v) is 2.69. The van der Waals surface area contributed by atoms with Crippen molar-refractivity contribution in [1.82, 2.24) is 5.32 Å². The van der Waals surface area contributed by atoms with Crippen molar-refractivity contribution in [3.8, 4) is 5.75 Å². The monoisotopic (exact) mass is 401 g/mol. The molecule has 0 aliphatic rings. The van der Waals surface area contributed by atoms with E-state index in [4.69, 9.17) is 4.74 Å². The molecule has 2 aromatic carbocycles. The molecule has 1 amide bonds. The highest BCUT2D eigenvalue weighted by molar-refractivity contribution is 5.97. The van der Waals surface area contributed by atoms with Gasteiger partial charge in [0.25, 0.3) is 17.3 Å². The number of ether oxygens (including phenoxy) is 1. The van der Waals surface area contributed by atoms with Crippen molar-refractivity contribution in [2.45, 2.75) is 33.1 Å². The highest BCUT2D eigenvalue weighted by Gasteiger charge is 2.24. The van der Waals surface area contributed by atoms with Gasteiger partial charge in [0.1, 0.15) is 12.4 Å². The Bertz CT molecular complexity index is 932. The number of benzene rings is 2. The molecule has 0 saturated heterocycles. The lowest BCUT2D eigenvalue weighted by molar-refractivity contribution is -0.394. The summed E-state index contributed by atoms with van der Waals surface area (Å²) in [4.78, 5) is 33.0. The van der Waals surface area contributed by atoms with Crippen LogP contribution < -0.4 is 10.1 Å². The molecule has 2 aromatic rings. The molecule has 1 N–H and O–H groups in total. The van der Waals surface area contributed by atoms with E-state index in [1.54, 1.807) is 0 Å². The number of nitro groups is 2. The van der Waals surface area contributed by atoms with Gasteiger partial charge in [-0.25, -0.2) is 0 Å². The van der Waals surface area contributed by atoms with E-state index in [1.165, 1.54) is 12.5 Å². The summed E-state index contributed by atoms with van der Waals surface area (Å²) in [6, 6.07) is 9.51. The molecule has 0 unspecified atom stereocenters. The molecule has 0 saturated carbocycles. The standard InChI is InChI=1S/C20H23N3O6/c1-13-17(11-15(22(25)26)12-18(13)23(27)28)19(24)21-9-10-29-16-7-5-14(6-8-16)20(2,3)4/h5-8,11-12H,9-10H2,1-4H3,(H,21,24). The molecule has 29 heavy (non-hydrogen) atoms. The molecule has 0 bridgehead atoms. The molecule has 0 aromatic heterocycles. The minimum atomic E-state index is -0.770. The summed E-state index contributed by atoms with van der Waals surface area (Å²) in [5.74, 6) is 0.00963. The zero-order valence-electron chi connectivity index (χ0n) is 16.7. The summed E-state index contributed by atoms with van der Waals surface area (Å²) in [5.41, 5.74) is 0.172. The summed E-state index contributed by atoms with van der Waals surface area (Å²) >= 11 is 0. The van der Waals surface area contributed by atoms with Crippen molar-refractivity contribution >= 4 is 17.3 Å². The number of carbonyl (C=O) groups excluding carboxylic acids is 1. The second kappa shape index (κ2) is 8.68. The van der Waals surface area contributed by atoms with Gasteiger partial charge in [0.15, 0.2) is 0 Å². The average molecular weight is 401 g/mol. The van der Waals surface area contributed by atoms with Gasteiger partial charge >= 0.3 is 0 Å². The van der Waals surface area contributed by atoms with Crippen LogP contribution in [-0.2, 0) is 5.41 Å². The lowest BCUT2D eigenvalue weighted by atomic mass is 9.87. The van der Waals surface area contributed by atoms with Crippen molar-refractivity contribution in [2.75, 3.05) is 13.2 Å². The molecule has 0 aliphatic heterocycles. The quantitative estimate of drug-likeness (QED) is 0.426. The number of hydrogen-bond donors (Lipinski definition) is 1. The van der Waals surface area contributed by atoms with Crippen LogP contribution in [0.5, 0.6) is 5.75 Å². The fourth-order valence-electron chi connectivity index (χ4n) is 2.69. The van der Waals surface area contributed by atoms with Crippen molar-refractivity contribution in [3.05, 3.63) is 73.3 Å². The second-order valence-electron chi connectivity index (χ2n) is 7.53. The molecule has 154 valence electrons. The van der Waals surface area contributed by atoms with E-state index >= 15 is 0 Å². The van der Waals surface area contributed by atoms with Gasteiger partial charge in [0.05, 0.1) is 28.0 Å². The zero-order chi connectivity index (χ0) is 21.8. The Labute approximate surface area is 168 Å². The van der Waals surface area contributed by atoms with Crippen LogP contribution in [0.4, 0.5) is 11.4 Å². The molecule has 0 atom stereocenters. The highest BCUT2D eigenvalue weighted by atomic mass is 16.6. The first-order valence-electron chi connectivity index (χ1n) is 8.95. The number of rotatable bonds is 7. The molecular formula is C20H23N3O6. The first-order valence-corrected chi connectivity index (χ1v) is 8.95. The van der Waals surface area contributed by atoms with Crippen LogP contribution in [0.2, 0.25) is 0 Å².